The average Bonchev–Trinajstić information content (AvgIpc) is 2.27. The third-order valence-corrected chi connectivity index (χ3v) is 2.77. The summed E-state index contributed by atoms with van der Waals surface area (Å²) in [5.74, 6) is 0. The summed E-state index contributed by atoms with van der Waals surface area (Å²) < 4.78 is 0. The molecule has 1 rings (SSSR count). The molecule has 0 bridgehead atoms. The molecule has 0 radical (unpaired) electrons. The Kier molecular flexibility index (Phi) is 4.15. The number of carbonyl (C=O) groups is 1. The minimum absolute atomic E-state index is 0.0262. The third-order valence-electron chi connectivity index (χ3n) is 2.12. The first-order valence-corrected chi connectivity index (χ1v) is 5.78. The maximum absolute atomic E-state index is 11.7. The highest BCUT2D eigenvalue weighted by Crippen LogP contribution is 2.17. The summed E-state index contributed by atoms with van der Waals surface area (Å²) >= 11 is 3.39. The summed E-state index contributed by atoms with van der Waals surface area (Å²) in [6, 6.07) is 7.86. The number of halogens is 1. The zero-order chi connectivity index (χ0) is 11.4. The quantitative estimate of drug-likeness (QED) is 0.759. The zero-order valence-corrected chi connectivity index (χ0v) is 10.8. The molecule has 0 fully saturated rings. The van der Waals surface area contributed by atoms with Crippen molar-refractivity contribution in [1.29, 1.82) is 0 Å². The number of amides is 2. The lowest BCUT2D eigenvalue weighted by molar-refractivity contribution is 0.225. The minimum atomic E-state index is -0.0262. The van der Waals surface area contributed by atoms with E-state index in [4.69, 9.17) is 0 Å². The van der Waals surface area contributed by atoms with Crippen molar-refractivity contribution < 1.29 is 4.79 Å². The van der Waals surface area contributed by atoms with Crippen LogP contribution >= 0.6 is 15.9 Å². The van der Waals surface area contributed by atoms with Gasteiger partial charge in [0.25, 0.3) is 0 Å². The van der Waals surface area contributed by atoms with E-state index in [0.29, 0.717) is 0 Å². The molecule has 0 aromatic heterocycles. The van der Waals surface area contributed by atoms with E-state index in [1.54, 1.807) is 30.9 Å². The Morgan fingerprint density at radius 3 is 2.53 bits per heavy atom. The monoisotopic (exact) mass is 270 g/mol. The SMILES string of the molecule is CN(C)C(=O)N(C)c1cccc(CBr)c1. The highest BCUT2D eigenvalue weighted by atomic mass is 79.9. The summed E-state index contributed by atoms with van der Waals surface area (Å²) in [4.78, 5) is 14.9. The van der Waals surface area contributed by atoms with Crippen LogP contribution in [-0.4, -0.2) is 32.1 Å². The lowest BCUT2D eigenvalue weighted by Gasteiger charge is -2.22. The van der Waals surface area contributed by atoms with E-state index in [2.05, 4.69) is 15.9 Å². The normalized spacial score (nSPS) is 9.87. The van der Waals surface area contributed by atoms with Crippen molar-refractivity contribution in [2.75, 3.05) is 26.0 Å². The second-order valence-corrected chi connectivity index (χ2v) is 4.10. The fraction of sp³-hybridized carbons (Fsp3) is 0.364. The fourth-order valence-electron chi connectivity index (χ4n) is 1.26. The van der Waals surface area contributed by atoms with Gasteiger partial charge in [0, 0.05) is 32.2 Å². The largest absolute Gasteiger partial charge is 0.330 e. The Morgan fingerprint density at radius 2 is 2.00 bits per heavy atom. The summed E-state index contributed by atoms with van der Waals surface area (Å²) in [6.07, 6.45) is 0. The van der Waals surface area contributed by atoms with Crippen LogP contribution < -0.4 is 4.90 Å². The van der Waals surface area contributed by atoms with Gasteiger partial charge in [0.05, 0.1) is 0 Å². The molecule has 0 heterocycles. The number of rotatable bonds is 2. The molecule has 82 valence electrons. The van der Waals surface area contributed by atoms with Gasteiger partial charge in [-0.2, -0.15) is 0 Å². The van der Waals surface area contributed by atoms with Gasteiger partial charge in [-0.05, 0) is 17.7 Å². The van der Waals surface area contributed by atoms with Gasteiger partial charge in [0.1, 0.15) is 0 Å². The van der Waals surface area contributed by atoms with Crippen molar-refractivity contribution in [3.63, 3.8) is 0 Å². The Balaban J connectivity index is 2.90. The van der Waals surface area contributed by atoms with Gasteiger partial charge in [-0.15, -0.1) is 0 Å². The van der Waals surface area contributed by atoms with Gasteiger partial charge in [0.15, 0.2) is 0 Å². The molecule has 0 N–H and O–H groups in total. The second kappa shape index (κ2) is 5.16. The van der Waals surface area contributed by atoms with E-state index in [-0.39, 0.29) is 6.03 Å². The number of hydrogen-bond donors (Lipinski definition) is 0. The number of benzene rings is 1. The minimum Gasteiger partial charge on any atom is -0.330 e. The Morgan fingerprint density at radius 1 is 1.33 bits per heavy atom. The standard InChI is InChI=1S/C11H15BrN2O/c1-13(2)11(15)14(3)10-6-4-5-9(7-10)8-12/h4-7H,8H2,1-3H3. The molecule has 2 amide bonds. The van der Waals surface area contributed by atoms with Gasteiger partial charge in [-0.1, -0.05) is 28.1 Å². The van der Waals surface area contributed by atoms with E-state index in [9.17, 15) is 4.79 Å². The number of anilines is 1. The molecule has 0 aliphatic rings. The molecule has 0 spiro atoms. The second-order valence-electron chi connectivity index (χ2n) is 3.54. The summed E-state index contributed by atoms with van der Waals surface area (Å²) in [6.45, 7) is 0. The third kappa shape index (κ3) is 2.96. The lowest BCUT2D eigenvalue weighted by atomic mass is 10.2. The molecule has 15 heavy (non-hydrogen) atoms. The van der Waals surface area contributed by atoms with Crippen LogP contribution in [0.1, 0.15) is 5.56 Å². The molecule has 0 aliphatic carbocycles. The van der Waals surface area contributed by atoms with E-state index in [1.807, 2.05) is 24.3 Å². The highest BCUT2D eigenvalue weighted by molar-refractivity contribution is 9.08. The van der Waals surface area contributed by atoms with E-state index in [1.165, 1.54) is 0 Å². The van der Waals surface area contributed by atoms with Crippen LogP contribution in [0.25, 0.3) is 0 Å². The van der Waals surface area contributed by atoms with Crippen molar-refractivity contribution in [3.8, 4) is 0 Å². The fourth-order valence-corrected chi connectivity index (χ4v) is 1.61. The molecular weight excluding hydrogens is 256 g/mol. The Bertz CT molecular complexity index is 352. The first-order chi connectivity index (χ1) is 7.06. The molecule has 0 saturated carbocycles. The van der Waals surface area contributed by atoms with Crippen LogP contribution in [-0.2, 0) is 5.33 Å². The molecule has 1 aromatic carbocycles. The molecule has 3 nitrogen and oxygen atoms in total. The van der Waals surface area contributed by atoms with Gasteiger partial charge in [-0.25, -0.2) is 4.79 Å². The van der Waals surface area contributed by atoms with Crippen LogP contribution in [0.5, 0.6) is 0 Å². The van der Waals surface area contributed by atoms with Crippen molar-refractivity contribution >= 4 is 27.6 Å². The number of carbonyl (C=O) groups excluding carboxylic acids is 1. The van der Waals surface area contributed by atoms with Crippen LogP contribution in [0.2, 0.25) is 0 Å². The molecule has 4 heteroatoms. The summed E-state index contributed by atoms with van der Waals surface area (Å²) in [5.41, 5.74) is 2.07. The number of alkyl halides is 1. The molecule has 0 unspecified atom stereocenters. The van der Waals surface area contributed by atoms with Crippen LogP contribution in [0.3, 0.4) is 0 Å². The first kappa shape index (κ1) is 12.0. The molecule has 0 aliphatic heterocycles. The van der Waals surface area contributed by atoms with Crippen molar-refractivity contribution in [3.05, 3.63) is 29.8 Å². The molecule has 0 saturated heterocycles. The van der Waals surface area contributed by atoms with Crippen LogP contribution in [0.15, 0.2) is 24.3 Å². The molecule has 0 atom stereocenters. The number of nitrogens with zero attached hydrogens (tertiary/aromatic N) is 2. The predicted molar refractivity (Wildman–Crippen MR) is 66.6 cm³/mol. The maximum atomic E-state index is 11.7. The lowest BCUT2D eigenvalue weighted by Crippen LogP contribution is -2.36. The smallest absolute Gasteiger partial charge is 0.323 e. The van der Waals surface area contributed by atoms with E-state index >= 15 is 0 Å². The zero-order valence-electron chi connectivity index (χ0n) is 9.20. The molecule has 1 aromatic rings. The van der Waals surface area contributed by atoms with Gasteiger partial charge in [-0.3, -0.25) is 4.90 Å². The number of hydrogen-bond acceptors (Lipinski definition) is 1. The number of urea groups is 1. The van der Waals surface area contributed by atoms with E-state index < -0.39 is 0 Å². The predicted octanol–water partition coefficient (Wildman–Crippen LogP) is 2.70. The van der Waals surface area contributed by atoms with Crippen LogP contribution in [0, 0.1) is 0 Å². The van der Waals surface area contributed by atoms with Crippen molar-refractivity contribution in [2.45, 2.75) is 5.33 Å². The topological polar surface area (TPSA) is 23.6 Å². The Labute approximate surface area is 98.8 Å². The van der Waals surface area contributed by atoms with Gasteiger partial charge >= 0.3 is 6.03 Å². The van der Waals surface area contributed by atoms with Crippen LogP contribution in [0.4, 0.5) is 10.5 Å². The van der Waals surface area contributed by atoms with Gasteiger partial charge in [0.2, 0.25) is 0 Å². The first-order valence-electron chi connectivity index (χ1n) is 4.66. The average molecular weight is 271 g/mol. The molecular formula is C11H15BrN2O. The van der Waals surface area contributed by atoms with Crippen molar-refractivity contribution in [1.82, 2.24) is 4.90 Å². The van der Waals surface area contributed by atoms with E-state index in [0.717, 1.165) is 16.6 Å². The summed E-state index contributed by atoms with van der Waals surface area (Å²) in [7, 11) is 5.26. The van der Waals surface area contributed by atoms with Gasteiger partial charge < -0.3 is 4.90 Å². The highest BCUT2D eigenvalue weighted by Gasteiger charge is 2.12. The Hall–Kier alpha value is -1.03. The summed E-state index contributed by atoms with van der Waals surface area (Å²) in [5, 5.41) is 0.796. The maximum Gasteiger partial charge on any atom is 0.323 e. The van der Waals surface area contributed by atoms with Crippen molar-refractivity contribution in [2.24, 2.45) is 0 Å².